The van der Waals surface area contributed by atoms with Crippen LogP contribution in [0.2, 0.25) is 0 Å². The van der Waals surface area contributed by atoms with Crippen molar-refractivity contribution in [3.63, 3.8) is 0 Å². The van der Waals surface area contributed by atoms with Crippen molar-refractivity contribution in [2.75, 3.05) is 5.75 Å². The Morgan fingerprint density at radius 1 is 1.53 bits per heavy atom. The third-order valence-electron chi connectivity index (χ3n) is 1.87. The van der Waals surface area contributed by atoms with Crippen LogP contribution in [0.25, 0.3) is 0 Å². The fraction of sp³-hybridized carbons (Fsp3) is 0.556. The number of thiol groups is 1. The summed E-state index contributed by atoms with van der Waals surface area (Å²) < 4.78 is 4.75. The smallest absolute Gasteiger partial charge is 0.243 e. The van der Waals surface area contributed by atoms with E-state index in [4.69, 9.17) is 4.52 Å². The van der Waals surface area contributed by atoms with E-state index in [-0.39, 0.29) is 24.1 Å². The van der Waals surface area contributed by atoms with Crippen molar-refractivity contribution in [3.05, 3.63) is 11.7 Å². The van der Waals surface area contributed by atoms with Gasteiger partial charge in [-0.3, -0.25) is 9.59 Å². The zero-order chi connectivity index (χ0) is 12.8. The summed E-state index contributed by atoms with van der Waals surface area (Å²) in [5, 5.41) is 8.69. The summed E-state index contributed by atoms with van der Waals surface area (Å²) in [7, 11) is 0. The van der Waals surface area contributed by atoms with Crippen LogP contribution >= 0.6 is 12.6 Å². The molecule has 7 nitrogen and oxygen atoms in total. The van der Waals surface area contributed by atoms with Crippen molar-refractivity contribution in [1.82, 2.24) is 20.8 Å². The monoisotopic (exact) mass is 258 g/mol. The van der Waals surface area contributed by atoms with Crippen LogP contribution < -0.4 is 10.6 Å². The normalized spacial score (nSPS) is 11.9. The predicted molar refractivity (Wildman–Crippen MR) is 62.3 cm³/mol. The molecule has 0 radical (unpaired) electrons. The number of aryl methyl sites for hydroxylation is 1. The van der Waals surface area contributed by atoms with E-state index in [0.717, 1.165) is 0 Å². The molecular formula is C9H14N4O3S. The number of carbonyl (C=O) groups excluding carboxylic acids is 2. The Kier molecular flexibility index (Phi) is 4.95. The molecule has 0 bridgehead atoms. The summed E-state index contributed by atoms with van der Waals surface area (Å²) in [6.07, 6.45) is 0. The largest absolute Gasteiger partial charge is 0.347 e. The summed E-state index contributed by atoms with van der Waals surface area (Å²) in [5.41, 5.74) is 0. The van der Waals surface area contributed by atoms with E-state index < -0.39 is 6.04 Å². The summed E-state index contributed by atoms with van der Waals surface area (Å²) in [4.78, 5) is 26.4. The zero-order valence-corrected chi connectivity index (χ0v) is 10.5. The maximum absolute atomic E-state index is 11.6. The quantitative estimate of drug-likeness (QED) is 0.614. The first kappa shape index (κ1) is 13.5. The molecule has 0 aromatic carbocycles. The summed E-state index contributed by atoms with van der Waals surface area (Å²) in [6, 6.07) is -0.663. The molecule has 2 N–H and O–H groups in total. The minimum atomic E-state index is -0.663. The van der Waals surface area contributed by atoms with Gasteiger partial charge in [0.15, 0.2) is 5.82 Å². The van der Waals surface area contributed by atoms with Crippen molar-refractivity contribution in [1.29, 1.82) is 0 Å². The first-order chi connectivity index (χ1) is 8.02. The zero-order valence-electron chi connectivity index (χ0n) is 9.56. The highest BCUT2D eigenvalue weighted by atomic mass is 32.1. The highest BCUT2D eigenvalue weighted by Gasteiger charge is 2.17. The summed E-state index contributed by atoms with van der Waals surface area (Å²) in [6.45, 7) is 3.15. The Bertz CT molecular complexity index is 407. The van der Waals surface area contributed by atoms with Gasteiger partial charge in [-0.2, -0.15) is 17.6 Å². The molecule has 0 aliphatic carbocycles. The number of nitrogens with one attached hydrogen (secondary N) is 2. The number of nitrogens with zero attached hydrogens (tertiary/aromatic N) is 2. The van der Waals surface area contributed by atoms with Crippen LogP contribution in [0.15, 0.2) is 4.52 Å². The molecule has 1 unspecified atom stereocenters. The fourth-order valence-corrected chi connectivity index (χ4v) is 1.40. The molecule has 0 aliphatic heterocycles. The Hall–Kier alpha value is -1.57. The van der Waals surface area contributed by atoms with Gasteiger partial charge in [0.25, 0.3) is 0 Å². The van der Waals surface area contributed by atoms with E-state index in [1.165, 1.54) is 6.92 Å². The van der Waals surface area contributed by atoms with Gasteiger partial charge < -0.3 is 15.2 Å². The lowest BCUT2D eigenvalue weighted by molar-refractivity contribution is -0.127. The van der Waals surface area contributed by atoms with Crippen LogP contribution in [0, 0.1) is 6.92 Å². The van der Waals surface area contributed by atoms with Gasteiger partial charge in [0.1, 0.15) is 6.04 Å². The lowest BCUT2D eigenvalue weighted by atomic mass is 10.3. The molecule has 1 aromatic heterocycles. The number of rotatable bonds is 5. The molecule has 8 heteroatoms. The van der Waals surface area contributed by atoms with Gasteiger partial charge in [0.05, 0.1) is 6.54 Å². The molecule has 17 heavy (non-hydrogen) atoms. The molecule has 1 rings (SSSR count). The average Bonchev–Trinajstić information content (AvgIpc) is 2.68. The number of amides is 2. The standard InChI is InChI=1S/C9H14N4O3S/c1-5(14)11-7(4-17)9(15)10-3-8-12-6(2)16-13-8/h7,17H,3-4H2,1-2H3,(H,10,15)(H,11,14). The molecule has 1 heterocycles. The molecule has 0 saturated carbocycles. The molecular weight excluding hydrogens is 244 g/mol. The van der Waals surface area contributed by atoms with Crippen molar-refractivity contribution >= 4 is 24.4 Å². The van der Waals surface area contributed by atoms with Gasteiger partial charge in [-0.05, 0) is 0 Å². The molecule has 94 valence electrons. The van der Waals surface area contributed by atoms with Crippen LogP contribution in [0.1, 0.15) is 18.6 Å². The summed E-state index contributed by atoms with van der Waals surface area (Å²) in [5.74, 6) is 0.419. The van der Waals surface area contributed by atoms with E-state index in [2.05, 4.69) is 33.4 Å². The maximum Gasteiger partial charge on any atom is 0.243 e. The predicted octanol–water partition coefficient (Wildman–Crippen LogP) is -0.571. The molecule has 1 atom stereocenters. The lowest BCUT2D eigenvalue weighted by Gasteiger charge is -2.14. The van der Waals surface area contributed by atoms with Gasteiger partial charge >= 0.3 is 0 Å². The van der Waals surface area contributed by atoms with Crippen LogP contribution in [0.4, 0.5) is 0 Å². The second kappa shape index (κ2) is 6.24. The third-order valence-corrected chi connectivity index (χ3v) is 2.23. The van der Waals surface area contributed by atoms with Gasteiger partial charge in [-0.1, -0.05) is 5.16 Å². The number of carbonyl (C=O) groups is 2. The highest BCUT2D eigenvalue weighted by Crippen LogP contribution is 1.95. The maximum atomic E-state index is 11.6. The van der Waals surface area contributed by atoms with Crippen molar-refractivity contribution < 1.29 is 14.1 Å². The molecule has 0 fully saturated rings. The van der Waals surface area contributed by atoms with Crippen molar-refractivity contribution in [2.45, 2.75) is 26.4 Å². The van der Waals surface area contributed by atoms with Crippen molar-refractivity contribution in [2.24, 2.45) is 0 Å². The Labute approximate surface area is 104 Å². The second-order valence-corrected chi connectivity index (χ2v) is 3.75. The van der Waals surface area contributed by atoms with E-state index in [1.807, 2.05) is 0 Å². The Morgan fingerprint density at radius 2 is 2.24 bits per heavy atom. The van der Waals surface area contributed by atoms with Crippen molar-refractivity contribution in [3.8, 4) is 0 Å². The van der Waals surface area contributed by atoms with Gasteiger partial charge in [0.2, 0.25) is 17.7 Å². The number of aromatic nitrogens is 2. The van der Waals surface area contributed by atoms with E-state index in [0.29, 0.717) is 11.7 Å². The first-order valence-electron chi connectivity index (χ1n) is 4.97. The highest BCUT2D eigenvalue weighted by molar-refractivity contribution is 7.80. The minimum absolute atomic E-state index is 0.153. The third kappa shape index (κ3) is 4.43. The minimum Gasteiger partial charge on any atom is -0.347 e. The van der Waals surface area contributed by atoms with Gasteiger partial charge in [-0.25, -0.2) is 0 Å². The molecule has 0 saturated heterocycles. The Balaban J connectivity index is 2.44. The Morgan fingerprint density at radius 3 is 2.71 bits per heavy atom. The topological polar surface area (TPSA) is 97.1 Å². The fourth-order valence-electron chi connectivity index (χ4n) is 1.14. The first-order valence-corrected chi connectivity index (χ1v) is 5.61. The van der Waals surface area contributed by atoms with Gasteiger partial charge in [0, 0.05) is 19.6 Å². The van der Waals surface area contributed by atoms with Crippen LogP contribution in [0.5, 0.6) is 0 Å². The molecule has 0 aliphatic rings. The second-order valence-electron chi connectivity index (χ2n) is 3.38. The number of hydrogen-bond acceptors (Lipinski definition) is 6. The number of hydrogen-bond donors (Lipinski definition) is 3. The molecule has 2 amide bonds. The summed E-state index contributed by atoms with van der Waals surface area (Å²) >= 11 is 3.99. The van der Waals surface area contributed by atoms with Crippen LogP contribution in [-0.2, 0) is 16.1 Å². The molecule has 0 spiro atoms. The molecule has 1 aromatic rings. The average molecular weight is 258 g/mol. The van der Waals surface area contributed by atoms with E-state index in [1.54, 1.807) is 6.92 Å². The van der Waals surface area contributed by atoms with Crippen LogP contribution in [0.3, 0.4) is 0 Å². The van der Waals surface area contributed by atoms with E-state index in [9.17, 15) is 9.59 Å². The lowest BCUT2D eigenvalue weighted by Crippen LogP contribution is -2.47. The SMILES string of the molecule is CC(=O)NC(CS)C(=O)NCc1noc(C)n1. The van der Waals surface area contributed by atoms with E-state index >= 15 is 0 Å². The van der Waals surface area contributed by atoms with Gasteiger partial charge in [-0.15, -0.1) is 0 Å². The van der Waals surface area contributed by atoms with Crippen LogP contribution in [-0.4, -0.2) is 33.7 Å².